The van der Waals surface area contributed by atoms with Crippen molar-refractivity contribution in [3.05, 3.63) is 125 Å². The van der Waals surface area contributed by atoms with E-state index in [1.807, 2.05) is 36.4 Å². The molecule has 4 aromatic carbocycles. The van der Waals surface area contributed by atoms with E-state index in [0.29, 0.717) is 16.4 Å². The minimum Gasteiger partial charge on any atom is -0.478 e. The van der Waals surface area contributed by atoms with Crippen LogP contribution in [-0.2, 0) is 4.79 Å². The Morgan fingerprint density at radius 2 is 1.36 bits per heavy atom. The lowest BCUT2D eigenvalue weighted by Gasteiger charge is -2.18. The van der Waals surface area contributed by atoms with Gasteiger partial charge in [0, 0.05) is 21.3 Å². The molecule has 3 N–H and O–H groups in total. The first-order chi connectivity index (χ1) is 17.4. The number of benzene rings is 4. The highest BCUT2D eigenvalue weighted by molar-refractivity contribution is 8.00. The second kappa shape index (κ2) is 11.6. The smallest absolute Gasteiger partial charge is 0.336 e. The van der Waals surface area contributed by atoms with Crippen LogP contribution in [0.3, 0.4) is 0 Å². The molecule has 4 aromatic rings. The van der Waals surface area contributed by atoms with E-state index in [2.05, 4.69) is 10.6 Å². The fourth-order valence-corrected chi connectivity index (χ4v) is 4.80. The third-order valence-electron chi connectivity index (χ3n) is 5.18. The SMILES string of the molecule is O=C(O)c1ccccc1C(=O)Nc1cccc(SC(C(=O)Nc2cccc(Cl)c2)c2ccccc2)c1. The molecular formula is C28H21ClN2O4S. The van der Waals surface area contributed by atoms with Gasteiger partial charge in [0.15, 0.2) is 0 Å². The van der Waals surface area contributed by atoms with Crippen molar-refractivity contribution in [1.82, 2.24) is 0 Å². The molecule has 1 unspecified atom stereocenters. The van der Waals surface area contributed by atoms with E-state index in [4.69, 9.17) is 11.6 Å². The van der Waals surface area contributed by atoms with Gasteiger partial charge >= 0.3 is 5.97 Å². The van der Waals surface area contributed by atoms with Gasteiger partial charge in [-0.05, 0) is 54.1 Å². The van der Waals surface area contributed by atoms with Crippen LogP contribution in [0.4, 0.5) is 11.4 Å². The number of rotatable bonds is 8. The van der Waals surface area contributed by atoms with Crippen LogP contribution >= 0.6 is 23.4 Å². The van der Waals surface area contributed by atoms with E-state index in [1.54, 1.807) is 54.6 Å². The zero-order valence-electron chi connectivity index (χ0n) is 18.9. The molecule has 2 amide bonds. The van der Waals surface area contributed by atoms with Crippen LogP contribution in [0.2, 0.25) is 5.02 Å². The third kappa shape index (κ3) is 6.33. The Morgan fingerprint density at radius 1 is 0.722 bits per heavy atom. The highest BCUT2D eigenvalue weighted by Crippen LogP contribution is 2.37. The Morgan fingerprint density at radius 3 is 2.06 bits per heavy atom. The molecule has 0 aliphatic heterocycles. The lowest BCUT2D eigenvalue weighted by atomic mass is 10.1. The van der Waals surface area contributed by atoms with E-state index < -0.39 is 17.1 Å². The summed E-state index contributed by atoms with van der Waals surface area (Å²) in [5, 5.41) is 15.0. The zero-order valence-corrected chi connectivity index (χ0v) is 20.4. The number of carboxylic acids is 1. The van der Waals surface area contributed by atoms with Gasteiger partial charge in [-0.2, -0.15) is 0 Å². The molecule has 0 heterocycles. The first kappa shape index (κ1) is 25.0. The first-order valence-corrected chi connectivity index (χ1v) is 12.2. The summed E-state index contributed by atoms with van der Waals surface area (Å²) in [5.41, 5.74) is 1.86. The number of anilines is 2. The molecule has 0 bridgehead atoms. The maximum Gasteiger partial charge on any atom is 0.336 e. The van der Waals surface area contributed by atoms with Crippen molar-refractivity contribution in [3.63, 3.8) is 0 Å². The van der Waals surface area contributed by atoms with Crippen LogP contribution in [0, 0.1) is 0 Å². The van der Waals surface area contributed by atoms with Gasteiger partial charge in [-0.1, -0.05) is 66.2 Å². The van der Waals surface area contributed by atoms with Crippen molar-refractivity contribution in [1.29, 1.82) is 0 Å². The minimum atomic E-state index is -1.18. The number of carboxylic acid groups (broad SMARTS) is 1. The van der Waals surface area contributed by atoms with Gasteiger partial charge in [0.2, 0.25) is 5.91 Å². The summed E-state index contributed by atoms with van der Waals surface area (Å²) in [5.74, 6) is -1.94. The highest BCUT2D eigenvalue weighted by atomic mass is 35.5. The lowest BCUT2D eigenvalue weighted by molar-refractivity contribution is -0.115. The molecule has 0 aliphatic rings. The number of nitrogens with one attached hydrogen (secondary N) is 2. The van der Waals surface area contributed by atoms with Crippen molar-refractivity contribution in [2.45, 2.75) is 10.1 Å². The maximum atomic E-state index is 13.3. The Hall–Kier alpha value is -4.07. The standard InChI is InChI=1S/C28H21ClN2O4S/c29-19-10-6-11-20(16-19)31-27(33)25(18-8-2-1-3-9-18)36-22-13-7-12-21(17-22)30-26(32)23-14-4-5-15-24(23)28(34)35/h1-17,25H,(H,30,32)(H,31,33)(H,34,35). The van der Waals surface area contributed by atoms with Gasteiger partial charge in [-0.3, -0.25) is 9.59 Å². The molecule has 8 heteroatoms. The number of carbonyl (C=O) groups excluding carboxylic acids is 2. The van der Waals surface area contributed by atoms with E-state index in [1.165, 1.54) is 23.9 Å². The number of thioether (sulfide) groups is 1. The molecule has 180 valence electrons. The zero-order chi connectivity index (χ0) is 25.5. The summed E-state index contributed by atoms with van der Waals surface area (Å²) in [6.07, 6.45) is 0. The van der Waals surface area contributed by atoms with Crippen LogP contribution in [0.25, 0.3) is 0 Å². The number of carbonyl (C=O) groups is 3. The summed E-state index contributed by atoms with van der Waals surface area (Å²) in [4.78, 5) is 38.3. The van der Waals surface area contributed by atoms with Gasteiger partial charge < -0.3 is 15.7 Å². The third-order valence-corrected chi connectivity index (χ3v) is 6.66. The molecule has 0 radical (unpaired) electrons. The van der Waals surface area contributed by atoms with Crippen LogP contribution in [0.15, 0.2) is 108 Å². The number of amides is 2. The Kier molecular flexibility index (Phi) is 8.05. The largest absolute Gasteiger partial charge is 0.478 e. The van der Waals surface area contributed by atoms with Crippen LogP contribution in [-0.4, -0.2) is 22.9 Å². The Bertz CT molecular complexity index is 1410. The first-order valence-electron chi connectivity index (χ1n) is 10.9. The molecule has 36 heavy (non-hydrogen) atoms. The van der Waals surface area contributed by atoms with Crippen molar-refractivity contribution in [2.75, 3.05) is 10.6 Å². The van der Waals surface area contributed by atoms with E-state index in [-0.39, 0.29) is 17.0 Å². The summed E-state index contributed by atoms with van der Waals surface area (Å²) in [7, 11) is 0. The van der Waals surface area contributed by atoms with Crippen LogP contribution in [0.1, 0.15) is 31.5 Å². The molecule has 1 atom stereocenters. The highest BCUT2D eigenvalue weighted by Gasteiger charge is 2.23. The lowest BCUT2D eigenvalue weighted by Crippen LogP contribution is -2.19. The predicted octanol–water partition coefficient (Wildman–Crippen LogP) is 6.76. The molecular weight excluding hydrogens is 496 g/mol. The van der Waals surface area contributed by atoms with Gasteiger partial charge in [0.25, 0.3) is 5.91 Å². The quantitative estimate of drug-likeness (QED) is 0.225. The summed E-state index contributed by atoms with van der Waals surface area (Å²) in [6, 6.07) is 29.4. The molecule has 0 spiro atoms. The minimum absolute atomic E-state index is 0.0612. The van der Waals surface area contributed by atoms with Crippen molar-refractivity contribution in [2.24, 2.45) is 0 Å². The average molecular weight is 517 g/mol. The number of aromatic carboxylic acids is 1. The molecule has 0 aromatic heterocycles. The molecule has 0 saturated carbocycles. The molecule has 0 saturated heterocycles. The topological polar surface area (TPSA) is 95.5 Å². The van der Waals surface area contributed by atoms with Gasteiger partial charge in [0.1, 0.15) is 5.25 Å². The van der Waals surface area contributed by atoms with Gasteiger partial charge in [-0.25, -0.2) is 4.79 Å². The fourth-order valence-electron chi connectivity index (χ4n) is 3.52. The summed E-state index contributed by atoms with van der Waals surface area (Å²) in [6.45, 7) is 0. The molecule has 0 aliphatic carbocycles. The van der Waals surface area contributed by atoms with E-state index in [9.17, 15) is 19.5 Å². The number of hydrogen-bond donors (Lipinski definition) is 3. The van der Waals surface area contributed by atoms with Crippen LogP contribution < -0.4 is 10.6 Å². The van der Waals surface area contributed by atoms with Crippen LogP contribution in [0.5, 0.6) is 0 Å². The van der Waals surface area contributed by atoms with Crippen molar-refractivity contribution < 1.29 is 19.5 Å². The van der Waals surface area contributed by atoms with Crippen molar-refractivity contribution in [3.8, 4) is 0 Å². The number of hydrogen-bond acceptors (Lipinski definition) is 4. The number of halogens is 1. The molecule has 0 fully saturated rings. The van der Waals surface area contributed by atoms with Gasteiger partial charge in [-0.15, -0.1) is 11.8 Å². The average Bonchev–Trinajstić information content (AvgIpc) is 2.88. The van der Waals surface area contributed by atoms with E-state index >= 15 is 0 Å². The normalized spacial score (nSPS) is 11.4. The van der Waals surface area contributed by atoms with Gasteiger partial charge in [0.05, 0.1) is 11.1 Å². The van der Waals surface area contributed by atoms with Crippen molar-refractivity contribution >= 4 is 52.5 Å². The fraction of sp³-hybridized carbons (Fsp3) is 0.0357. The molecule has 6 nitrogen and oxygen atoms in total. The Labute approximate surface area is 217 Å². The second-order valence-corrected chi connectivity index (χ2v) is 9.36. The summed E-state index contributed by atoms with van der Waals surface area (Å²) < 4.78 is 0. The maximum absolute atomic E-state index is 13.3. The predicted molar refractivity (Wildman–Crippen MR) is 143 cm³/mol. The summed E-state index contributed by atoms with van der Waals surface area (Å²) >= 11 is 7.39. The Balaban J connectivity index is 1.56. The van der Waals surface area contributed by atoms with E-state index in [0.717, 1.165) is 10.5 Å². The molecule has 4 rings (SSSR count). The monoisotopic (exact) mass is 516 g/mol. The second-order valence-electron chi connectivity index (χ2n) is 7.74.